The molecule has 1 aliphatic carbocycles. The average molecular weight is 214 g/mol. The molecule has 0 aromatic heterocycles. The van der Waals surface area contributed by atoms with Crippen molar-refractivity contribution in [1.82, 2.24) is 0 Å². The molecule has 0 saturated carbocycles. The summed E-state index contributed by atoms with van der Waals surface area (Å²) in [4.78, 5) is 10.9. The van der Waals surface area contributed by atoms with Crippen LogP contribution in [0.5, 0.6) is 0 Å². The van der Waals surface area contributed by atoms with Crippen molar-refractivity contribution in [2.45, 2.75) is 18.9 Å². The highest BCUT2D eigenvalue weighted by atomic mass is 35.5. The van der Waals surface area contributed by atoms with Crippen molar-refractivity contribution in [1.29, 1.82) is 0 Å². The summed E-state index contributed by atoms with van der Waals surface area (Å²) in [7, 11) is 0. The molecule has 1 aliphatic rings. The molecule has 1 aromatic carbocycles. The zero-order valence-corrected chi connectivity index (χ0v) is 8.38. The lowest BCUT2D eigenvalue weighted by molar-refractivity contribution is 0.0695. The molecule has 76 valence electrons. The number of carboxylic acids is 1. The molecule has 1 aromatic rings. The summed E-state index contributed by atoms with van der Waals surface area (Å²) >= 11 is 0. The van der Waals surface area contributed by atoms with Crippen molar-refractivity contribution in [3.63, 3.8) is 0 Å². The molecule has 1 atom stereocenters. The van der Waals surface area contributed by atoms with Crippen molar-refractivity contribution >= 4 is 18.4 Å². The van der Waals surface area contributed by atoms with Crippen molar-refractivity contribution < 1.29 is 9.90 Å². The minimum absolute atomic E-state index is 0. The zero-order chi connectivity index (χ0) is 9.42. The van der Waals surface area contributed by atoms with E-state index in [0.29, 0.717) is 5.56 Å². The van der Waals surface area contributed by atoms with E-state index in [1.807, 2.05) is 6.07 Å². The van der Waals surface area contributed by atoms with Crippen LogP contribution in [-0.2, 0) is 6.42 Å². The number of aromatic carboxylic acids is 1. The van der Waals surface area contributed by atoms with Gasteiger partial charge in [0.2, 0.25) is 0 Å². The molecule has 0 fully saturated rings. The summed E-state index contributed by atoms with van der Waals surface area (Å²) in [6.45, 7) is 0. The number of halogens is 1. The van der Waals surface area contributed by atoms with Crippen LogP contribution in [0.25, 0.3) is 0 Å². The normalized spacial score (nSPS) is 18.5. The number of nitrogens with two attached hydrogens (primary N) is 1. The second-order valence-electron chi connectivity index (χ2n) is 3.33. The van der Waals surface area contributed by atoms with Gasteiger partial charge in [-0.1, -0.05) is 12.1 Å². The first-order valence-corrected chi connectivity index (χ1v) is 4.31. The number of aryl methyl sites for hydroxylation is 1. The van der Waals surface area contributed by atoms with Crippen LogP contribution in [0.4, 0.5) is 0 Å². The van der Waals surface area contributed by atoms with Crippen molar-refractivity contribution in [2.75, 3.05) is 0 Å². The molecule has 0 radical (unpaired) electrons. The van der Waals surface area contributed by atoms with Crippen LogP contribution in [0, 0.1) is 0 Å². The number of benzene rings is 1. The van der Waals surface area contributed by atoms with Gasteiger partial charge in [-0.25, -0.2) is 4.79 Å². The Balaban J connectivity index is 0.000000980. The van der Waals surface area contributed by atoms with Gasteiger partial charge in [-0.3, -0.25) is 0 Å². The molecule has 4 heteroatoms. The topological polar surface area (TPSA) is 63.3 Å². The maximum atomic E-state index is 10.9. The number of rotatable bonds is 1. The highest BCUT2D eigenvalue weighted by Gasteiger charge is 2.24. The van der Waals surface area contributed by atoms with E-state index in [1.165, 1.54) is 0 Å². The molecule has 0 spiro atoms. The second kappa shape index (κ2) is 3.98. The third kappa shape index (κ3) is 1.61. The summed E-state index contributed by atoms with van der Waals surface area (Å²) < 4.78 is 0. The fourth-order valence-corrected chi connectivity index (χ4v) is 1.91. The lowest BCUT2D eigenvalue weighted by Crippen LogP contribution is -2.11. The van der Waals surface area contributed by atoms with E-state index in [-0.39, 0.29) is 18.4 Å². The molecular weight excluding hydrogens is 202 g/mol. The molecule has 14 heavy (non-hydrogen) atoms. The van der Waals surface area contributed by atoms with Gasteiger partial charge >= 0.3 is 5.97 Å². The lowest BCUT2D eigenvalue weighted by Gasteiger charge is -2.07. The van der Waals surface area contributed by atoms with Gasteiger partial charge in [0.05, 0.1) is 5.56 Å². The Morgan fingerprint density at radius 2 is 2.21 bits per heavy atom. The van der Waals surface area contributed by atoms with E-state index in [1.54, 1.807) is 12.1 Å². The molecule has 3 nitrogen and oxygen atoms in total. The van der Waals surface area contributed by atoms with Gasteiger partial charge in [-0.15, -0.1) is 12.4 Å². The Kier molecular flexibility index (Phi) is 3.13. The quantitative estimate of drug-likeness (QED) is 0.747. The van der Waals surface area contributed by atoms with Gasteiger partial charge in [0, 0.05) is 6.04 Å². The fourth-order valence-electron chi connectivity index (χ4n) is 1.91. The van der Waals surface area contributed by atoms with Crippen molar-refractivity contribution in [3.8, 4) is 0 Å². The lowest BCUT2D eigenvalue weighted by atomic mass is 10.0. The smallest absolute Gasteiger partial charge is 0.336 e. The van der Waals surface area contributed by atoms with Gasteiger partial charge in [0.1, 0.15) is 0 Å². The van der Waals surface area contributed by atoms with Gasteiger partial charge in [-0.2, -0.15) is 0 Å². The molecule has 0 heterocycles. The molecule has 0 aliphatic heterocycles. The monoisotopic (exact) mass is 213 g/mol. The summed E-state index contributed by atoms with van der Waals surface area (Å²) in [5, 5.41) is 8.91. The Morgan fingerprint density at radius 3 is 2.86 bits per heavy atom. The maximum Gasteiger partial charge on any atom is 0.336 e. The number of hydrogen-bond donors (Lipinski definition) is 2. The Bertz CT molecular complexity index is 365. The summed E-state index contributed by atoms with van der Waals surface area (Å²) in [5.74, 6) is -0.880. The minimum Gasteiger partial charge on any atom is -0.478 e. The largest absolute Gasteiger partial charge is 0.478 e. The average Bonchev–Trinajstić information content (AvgIpc) is 2.48. The van der Waals surface area contributed by atoms with Crippen molar-refractivity contribution in [3.05, 3.63) is 34.9 Å². The van der Waals surface area contributed by atoms with E-state index < -0.39 is 5.97 Å². The third-order valence-corrected chi connectivity index (χ3v) is 2.52. The number of carbonyl (C=O) groups is 1. The number of carboxylic acid groups (broad SMARTS) is 1. The SMILES string of the molecule is Cl.N[C@@H]1CCc2cccc(C(=O)O)c21. The van der Waals surface area contributed by atoms with Crippen LogP contribution in [0.1, 0.15) is 33.9 Å². The first kappa shape index (κ1) is 11.0. The van der Waals surface area contributed by atoms with Crippen LogP contribution in [0.3, 0.4) is 0 Å². The summed E-state index contributed by atoms with van der Waals surface area (Å²) in [6.07, 6.45) is 1.76. The van der Waals surface area contributed by atoms with Crippen LogP contribution < -0.4 is 5.73 Å². The van der Waals surface area contributed by atoms with E-state index in [2.05, 4.69) is 0 Å². The predicted molar refractivity (Wildman–Crippen MR) is 55.9 cm³/mol. The van der Waals surface area contributed by atoms with Gasteiger partial charge in [0.25, 0.3) is 0 Å². The Hall–Kier alpha value is -1.06. The van der Waals surface area contributed by atoms with Gasteiger partial charge in [0.15, 0.2) is 0 Å². The highest BCUT2D eigenvalue weighted by Crippen LogP contribution is 2.31. The maximum absolute atomic E-state index is 10.9. The highest BCUT2D eigenvalue weighted by molar-refractivity contribution is 5.90. The Morgan fingerprint density at radius 1 is 1.50 bits per heavy atom. The first-order valence-electron chi connectivity index (χ1n) is 4.31. The van der Waals surface area contributed by atoms with Crippen LogP contribution >= 0.6 is 12.4 Å². The predicted octanol–water partition coefficient (Wildman–Crippen LogP) is 1.75. The fraction of sp³-hybridized carbons (Fsp3) is 0.300. The molecule has 0 saturated heterocycles. The molecular formula is C10H12ClNO2. The van der Waals surface area contributed by atoms with E-state index >= 15 is 0 Å². The first-order chi connectivity index (χ1) is 6.20. The van der Waals surface area contributed by atoms with Gasteiger partial charge < -0.3 is 10.8 Å². The zero-order valence-electron chi connectivity index (χ0n) is 7.56. The summed E-state index contributed by atoms with van der Waals surface area (Å²) in [5.41, 5.74) is 8.10. The van der Waals surface area contributed by atoms with E-state index in [9.17, 15) is 4.79 Å². The molecule has 0 bridgehead atoms. The minimum atomic E-state index is -0.880. The number of hydrogen-bond acceptors (Lipinski definition) is 2. The van der Waals surface area contributed by atoms with Crippen LogP contribution in [0.2, 0.25) is 0 Å². The molecule has 2 rings (SSSR count). The summed E-state index contributed by atoms with van der Waals surface area (Å²) in [6, 6.07) is 5.25. The van der Waals surface area contributed by atoms with E-state index in [4.69, 9.17) is 10.8 Å². The Labute approximate surface area is 88.3 Å². The third-order valence-electron chi connectivity index (χ3n) is 2.52. The van der Waals surface area contributed by atoms with Gasteiger partial charge in [-0.05, 0) is 30.0 Å². The molecule has 3 N–H and O–H groups in total. The van der Waals surface area contributed by atoms with E-state index in [0.717, 1.165) is 24.0 Å². The van der Waals surface area contributed by atoms with Crippen LogP contribution in [-0.4, -0.2) is 11.1 Å². The van der Waals surface area contributed by atoms with Crippen LogP contribution in [0.15, 0.2) is 18.2 Å². The second-order valence-corrected chi connectivity index (χ2v) is 3.33. The number of fused-ring (bicyclic) bond motifs is 1. The molecule has 0 unspecified atom stereocenters. The standard InChI is InChI=1S/C10H11NO2.ClH/c11-8-5-4-6-2-1-3-7(9(6)8)10(12)13;/h1-3,8H,4-5,11H2,(H,12,13);1H/t8-;/m1./s1. The molecule has 0 amide bonds. The van der Waals surface area contributed by atoms with Crippen molar-refractivity contribution in [2.24, 2.45) is 5.73 Å².